The third kappa shape index (κ3) is 3.07. The Bertz CT molecular complexity index is 578. The Balaban J connectivity index is 1.95. The zero-order valence-corrected chi connectivity index (χ0v) is 15.3. The minimum atomic E-state index is -0.0524. The lowest BCUT2D eigenvalue weighted by molar-refractivity contribution is -0.232. The van der Waals surface area contributed by atoms with Gasteiger partial charge < -0.3 is 14.2 Å². The highest BCUT2D eigenvalue weighted by Crippen LogP contribution is 2.42. The van der Waals surface area contributed by atoms with Crippen molar-refractivity contribution >= 4 is 0 Å². The van der Waals surface area contributed by atoms with Gasteiger partial charge in [0.2, 0.25) is 0 Å². The van der Waals surface area contributed by atoms with Crippen molar-refractivity contribution in [3.63, 3.8) is 0 Å². The second-order valence-corrected chi connectivity index (χ2v) is 7.96. The Morgan fingerprint density at radius 3 is 2.26 bits per heavy atom. The van der Waals surface area contributed by atoms with E-state index in [0.717, 1.165) is 0 Å². The molecule has 3 rings (SSSR count). The summed E-state index contributed by atoms with van der Waals surface area (Å²) in [6.07, 6.45) is 0.444. The molecule has 3 nitrogen and oxygen atoms in total. The maximum Gasteiger partial charge on any atom is 0.0888 e. The van der Waals surface area contributed by atoms with E-state index in [4.69, 9.17) is 14.2 Å². The van der Waals surface area contributed by atoms with Gasteiger partial charge in [-0.1, -0.05) is 32.9 Å². The van der Waals surface area contributed by atoms with Crippen LogP contribution in [0.2, 0.25) is 0 Å². The Morgan fingerprint density at radius 2 is 1.61 bits per heavy atom. The number of hydrogen-bond acceptors (Lipinski definition) is 3. The molecule has 2 aliphatic rings. The molecule has 2 aliphatic heterocycles. The number of benzene rings is 1. The average molecular weight is 318 g/mol. The smallest absolute Gasteiger partial charge is 0.0888 e. The third-order valence-corrected chi connectivity index (χ3v) is 5.92. The molecule has 0 spiro atoms. The summed E-state index contributed by atoms with van der Waals surface area (Å²) >= 11 is 0. The second kappa shape index (κ2) is 6.19. The zero-order chi connectivity index (χ0) is 16.8. The van der Waals surface area contributed by atoms with Crippen LogP contribution in [0.5, 0.6) is 0 Å². The fourth-order valence-corrected chi connectivity index (χ4v) is 3.95. The fourth-order valence-electron chi connectivity index (χ4n) is 3.95. The van der Waals surface area contributed by atoms with Crippen molar-refractivity contribution in [1.82, 2.24) is 0 Å². The summed E-state index contributed by atoms with van der Waals surface area (Å²) in [5.74, 6) is 0.371. The molecule has 0 N–H and O–H groups in total. The van der Waals surface area contributed by atoms with Crippen molar-refractivity contribution in [3.05, 3.63) is 34.4 Å². The molecule has 2 unspecified atom stereocenters. The van der Waals surface area contributed by atoms with Gasteiger partial charge in [-0.05, 0) is 43.0 Å². The Labute approximate surface area is 140 Å². The van der Waals surface area contributed by atoms with Gasteiger partial charge in [0.1, 0.15) is 0 Å². The second-order valence-electron chi connectivity index (χ2n) is 7.96. The molecule has 0 amide bonds. The van der Waals surface area contributed by atoms with Crippen LogP contribution in [0.1, 0.15) is 49.9 Å². The van der Waals surface area contributed by atoms with E-state index >= 15 is 0 Å². The van der Waals surface area contributed by atoms with Gasteiger partial charge >= 0.3 is 0 Å². The van der Waals surface area contributed by atoms with Gasteiger partial charge in [-0.3, -0.25) is 0 Å². The Morgan fingerprint density at radius 1 is 1.00 bits per heavy atom. The van der Waals surface area contributed by atoms with E-state index in [-0.39, 0.29) is 23.7 Å². The van der Waals surface area contributed by atoms with E-state index in [1.54, 1.807) is 0 Å². The zero-order valence-electron chi connectivity index (χ0n) is 15.3. The lowest BCUT2D eigenvalue weighted by Crippen LogP contribution is -2.57. The van der Waals surface area contributed by atoms with E-state index in [1.807, 2.05) is 0 Å². The topological polar surface area (TPSA) is 27.7 Å². The number of rotatable bonds is 0. The standard InChI is InChI=1S/C20H30O3/c1-12-7-16-9-21-11-18-20(5,6)19(14(3)15(4)23-18)22-10-17(16)8-13(12)2/h7-8,14-15,18-19H,9-11H2,1-6H3/t14?,15-,18?,19-/m0/s1. The van der Waals surface area contributed by atoms with E-state index in [2.05, 4.69) is 53.7 Å². The molecule has 4 atom stereocenters. The maximum absolute atomic E-state index is 6.47. The summed E-state index contributed by atoms with van der Waals surface area (Å²) in [4.78, 5) is 0. The van der Waals surface area contributed by atoms with Crippen molar-refractivity contribution in [2.45, 2.75) is 73.1 Å². The third-order valence-electron chi connectivity index (χ3n) is 5.92. The van der Waals surface area contributed by atoms with Crippen molar-refractivity contribution in [1.29, 1.82) is 0 Å². The molecule has 23 heavy (non-hydrogen) atoms. The minimum absolute atomic E-state index is 0.0524. The van der Waals surface area contributed by atoms with Gasteiger partial charge in [-0.25, -0.2) is 0 Å². The van der Waals surface area contributed by atoms with Gasteiger partial charge in [0, 0.05) is 11.3 Å². The Hall–Kier alpha value is -0.900. The first kappa shape index (κ1) is 16.9. The molecule has 1 aromatic rings. The predicted octanol–water partition coefficient (Wildman–Crippen LogP) is 4.17. The van der Waals surface area contributed by atoms with E-state index < -0.39 is 0 Å². The highest BCUT2D eigenvalue weighted by Gasteiger charge is 2.48. The fraction of sp³-hybridized carbons (Fsp3) is 0.700. The summed E-state index contributed by atoms with van der Waals surface area (Å²) in [5, 5.41) is 0. The molecule has 0 aromatic heterocycles. The van der Waals surface area contributed by atoms with Crippen molar-refractivity contribution in [3.8, 4) is 0 Å². The van der Waals surface area contributed by atoms with Gasteiger partial charge in [0.15, 0.2) is 0 Å². The van der Waals surface area contributed by atoms with Crippen molar-refractivity contribution in [2.75, 3.05) is 6.61 Å². The molecule has 1 saturated heterocycles. The van der Waals surface area contributed by atoms with Crippen LogP contribution in [-0.2, 0) is 27.4 Å². The summed E-state index contributed by atoms with van der Waals surface area (Å²) in [5.41, 5.74) is 5.07. The number of fused-ring (bicyclic) bond motifs is 3. The summed E-state index contributed by atoms with van der Waals surface area (Å²) in [6.45, 7) is 15.1. The molecule has 0 saturated carbocycles. The van der Waals surface area contributed by atoms with Gasteiger partial charge in [-0.2, -0.15) is 0 Å². The van der Waals surface area contributed by atoms with E-state index in [9.17, 15) is 0 Å². The highest BCUT2D eigenvalue weighted by molar-refractivity contribution is 5.36. The molecule has 0 aliphatic carbocycles. The summed E-state index contributed by atoms with van der Waals surface area (Å²) < 4.78 is 18.8. The SMILES string of the molecule is Cc1cc2c(cc1C)CO[C@H]1C(C)[C@H](C)OC(COC2)C1(C)C. The average Bonchev–Trinajstić information content (AvgIpc) is 2.47. The highest BCUT2D eigenvalue weighted by atomic mass is 16.6. The van der Waals surface area contributed by atoms with Crippen molar-refractivity contribution < 1.29 is 14.2 Å². The first-order valence-electron chi connectivity index (χ1n) is 8.74. The van der Waals surface area contributed by atoms with Crippen LogP contribution in [0.25, 0.3) is 0 Å². The van der Waals surface area contributed by atoms with E-state index in [1.165, 1.54) is 22.3 Å². The van der Waals surface area contributed by atoms with Crippen LogP contribution in [0.3, 0.4) is 0 Å². The summed E-state index contributed by atoms with van der Waals surface area (Å²) in [6, 6.07) is 4.50. The quantitative estimate of drug-likeness (QED) is 0.718. The van der Waals surface area contributed by atoms with Crippen molar-refractivity contribution in [2.24, 2.45) is 11.3 Å². The molecular formula is C20H30O3. The monoisotopic (exact) mass is 318 g/mol. The van der Waals surface area contributed by atoms with Crippen LogP contribution >= 0.6 is 0 Å². The predicted molar refractivity (Wildman–Crippen MR) is 91.4 cm³/mol. The maximum atomic E-state index is 6.47. The normalized spacial score (nSPS) is 33.8. The molecule has 0 radical (unpaired) electrons. The molecule has 1 fully saturated rings. The van der Waals surface area contributed by atoms with Gasteiger partial charge in [-0.15, -0.1) is 0 Å². The lowest BCUT2D eigenvalue weighted by atomic mass is 9.71. The minimum Gasteiger partial charge on any atom is -0.374 e. The number of hydrogen-bond donors (Lipinski definition) is 0. The molecule has 1 aromatic carbocycles. The first-order chi connectivity index (χ1) is 10.8. The van der Waals surface area contributed by atoms with Gasteiger partial charge in [0.05, 0.1) is 38.1 Å². The van der Waals surface area contributed by atoms with Crippen LogP contribution in [0, 0.1) is 25.2 Å². The molecule has 2 heterocycles. The summed E-state index contributed by atoms with van der Waals surface area (Å²) in [7, 11) is 0. The van der Waals surface area contributed by atoms with Crippen LogP contribution in [-0.4, -0.2) is 24.9 Å². The molecular weight excluding hydrogens is 288 g/mol. The van der Waals surface area contributed by atoms with E-state index in [0.29, 0.717) is 25.7 Å². The first-order valence-corrected chi connectivity index (χ1v) is 8.74. The van der Waals surface area contributed by atoms with Crippen LogP contribution in [0.15, 0.2) is 12.1 Å². The Kier molecular flexibility index (Phi) is 4.56. The molecule has 128 valence electrons. The van der Waals surface area contributed by atoms with Crippen LogP contribution in [0.4, 0.5) is 0 Å². The number of ether oxygens (including phenoxy) is 3. The number of aryl methyl sites for hydroxylation is 2. The van der Waals surface area contributed by atoms with Gasteiger partial charge in [0.25, 0.3) is 0 Å². The largest absolute Gasteiger partial charge is 0.374 e. The lowest BCUT2D eigenvalue weighted by Gasteiger charge is -2.50. The molecule has 3 heteroatoms. The molecule has 2 bridgehead atoms. The van der Waals surface area contributed by atoms with Crippen LogP contribution < -0.4 is 0 Å².